The molecule has 0 unspecified atom stereocenters. The minimum absolute atomic E-state index is 0.108. The van der Waals surface area contributed by atoms with Gasteiger partial charge in [0, 0.05) is 32.7 Å². The standard InChI is InChI=1S/C19H28N2O3/c1-15(22)17-7-9-21(10-8-17)19(23)18-14-20(11-12-24-18)13-16-5-3-2-4-6-16/h2-6,15,17-18,22H,7-14H2,1H3/t15-,18+/m1/s1. The van der Waals surface area contributed by atoms with Crippen LogP contribution in [0.15, 0.2) is 30.3 Å². The van der Waals surface area contributed by atoms with Gasteiger partial charge in [-0.05, 0) is 31.2 Å². The molecule has 5 nitrogen and oxygen atoms in total. The molecule has 5 heteroatoms. The Bertz CT molecular complexity index is 527. The van der Waals surface area contributed by atoms with Crippen LogP contribution >= 0.6 is 0 Å². The van der Waals surface area contributed by atoms with Crippen LogP contribution in [-0.2, 0) is 16.1 Å². The molecule has 0 bridgehead atoms. The first-order valence-corrected chi connectivity index (χ1v) is 8.98. The van der Waals surface area contributed by atoms with E-state index in [0.29, 0.717) is 19.1 Å². The smallest absolute Gasteiger partial charge is 0.253 e. The van der Waals surface area contributed by atoms with E-state index in [-0.39, 0.29) is 18.1 Å². The normalized spacial score (nSPS) is 24.8. The summed E-state index contributed by atoms with van der Waals surface area (Å²) >= 11 is 0. The molecule has 1 amide bonds. The van der Waals surface area contributed by atoms with Gasteiger partial charge in [0.05, 0.1) is 12.7 Å². The minimum Gasteiger partial charge on any atom is -0.393 e. The van der Waals surface area contributed by atoms with Crippen LogP contribution < -0.4 is 0 Å². The van der Waals surface area contributed by atoms with Crippen LogP contribution in [-0.4, -0.2) is 65.8 Å². The summed E-state index contributed by atoms with van der Waals surface area (Å²) in [7, 11) is 0. The van der Waals surface area contributed by atoms with Crippen LogP contribution in [0.1, 0.15) is 25.3 Å². The molecule has 2 aliphatic heterocycles. The largest absolute Gasteiger partial charge is 0.393 e. The number of likely N-dealkylation sites (tertiary alicyclic amines) is 1. The van der Waals surface area contributed by atoms with Gasteiger partial charge in [0.15, 0.2) is 0 Å². The highest BCUT2D eigenvalue weighted by Crippen LogP contribution is 2.22. The number of benzene rings is 1. The predicted octanol–water partition coefficient (Wildman–Crippen LogP) is 1.51. The van der Waals surface area contributed by atoms with Crippen LogP contribution in [0.5, 0.6) is 0 Å². The number of aliphatic hydroxyl groups excluding tert-OH is 1. The number of ether oxygens (including phenoxy) is 1. The lowest BCUT2D eigenvalue weighted by molar-refractivity contribution is -0.151. The fourth-order valence-electron chi connectivity index (χ4n) is 3.64. The van der Waals surface area contributed by atoms with Crippen molar-refractivity contribution in [2.75, 3.05) is 32.8 Å². The van der Waals surface area contributed by atoms with E-state index in [4.69, 9.17) is 4.74 Å². The van der Waals surface area contributed by atoms with E-state index in [2.05, 4.69) is 17.0 Å². The van der Waals surface area contributed by atoms with E-state index in [1.54, 1.807) is 0 Å². The van der Waals surface area contributed by atoms with Crippen molar-refractivity contribution < 1.29 is 14.6 Å². The van der Waals surface area contributed by atoms with Gasteiger partial charge < -0.3 is 14.7 Å². The molecule has 0 saturated carbocycles. The van der Waals surface area contributed by atoms with Gasteiger partial charge in [0.1, 0.15) is 6.10 Å². The average molecular weight is 332 g/mol. The Kier molecular flexibility index (Phi) is 5.87. The van der Waals surface area contributed by atoms with Crippen molar-refractivity contribution in [3.05, 3.63) is 35.9 Å². The summed E-state index contributed by atoms with van der Waals surface area (Å²) < 4.78 is 5.75. The van der Waals surface area contributed by atoms with Crippen molar-refractivity contribution in [1.29, 1.82) is 0 Å². The van der Waals surface area contributed by atoms with E-state index in [9.17, 15) is 9.90 Å². The third kappa shape index (κ3) is 4.35. The molecule has 2 saturated heterocycles. The molecule has 3 rings (SSSR count). The molecule has 132 valence electrons. The molecular formula is C19H28N2O3. The second-order valence-corrected chi connectivity index (χ2v) is 6.98. The molecule has 2 aliphatic rings. The first-order chi connectivity index (χ1) is 11.6. The van der Waals surface area contributed by atoms with Crippen LogP contribution in [0.4, 0.5) is 0 Å². The van der Waals surface area contributed by atoms with Crippen LogP contribution in [0.25, 0.3) is 0 Å². The topological polar surface area (TPSA) is 53.0 Å². The highest BCUT2D eigenvalue weighted by atomic mass is 16.5. The number of rotatable bonds is 4. The van der Waals surface area contributed by atoms with Crippen LogP contribution in [0.3, 0.4) is 0 Å². The SMILES string of the molecule is C[C@@H](O)C1CCN(C(=O)[C@@H]2CN(Cc3ccccc3)CCO2)CC1. The maximum Gasteiger partial charge on any atom is 0.253 e. The predicted molar refractivity (Wildman–Crippen MR) is 92.4 cm³/mol. The van der Waals surface area contributed by atoms with Crippen molar-refractivity contribution in [2.45, 2.75) is 38.5 Å². The summed E-state index contributed by atoms with van der Waals surface area (Å²) in [6.45, 7) is 6.28. The summed E-state index contributed by atoms with van der Waals surface area (Å²) in [4.78, 5) is 16.9. The van der Waals surface area contributed by atoms with Gasteiger partial charge in [-0.15, -0.1) is 0 Å². The Balaban J connectivity index is 1.52. The van der Waals surface area contributed by atoms with Gasteiger partial charge in [-0.25, -0.2) is 0 Å². The van der Waals surface area contributed by atoms with E-state index < -0.39 is 0 Å². The number of hydrogen-bond acceptors (Lipinski definition) is 4. The monoisotopic (exact) mass is 332 g/mol. The summed E-state index contributed by atoms with van der Waals surface area (Å²) in [6, 6.07) is 10.3. The third-order valence-corrected chi connectivity index (χ3v) is 5.21. The fraction of sp³-hybridized carbons (Fsp3) is 0.632. The molecule has 0 radical (unpaired) electrons. The second-order valence-electron chi connectivity index (χ2n) is 6.98. The zero-order valence-electron chi connectivity index (χ0n) is 14.4. The molecule has 2 fully saturated rings. The Morgan fingerprint density at radius 3 is 2.62 bits per heavy atom. The van der Waals surface area contributed by atoms with Gasteiger partial charge >= 0.3 is 0 Å². The average Bonchev–Trinajstić information content (AvgIpc) is 2.62. The van der Waals surface area contributed by atoms with E-state index in [1.165, 1.54) is 5.56 Å². The van der Waals surface area contributed by atoms with Gasteiger partial charge in [-0.2, -0.15) is 0 Å². The Hall–Kier alpha value is -1.43. The second kappa shape index (κ2) is 8.10. The highest BCUT2D eigenvalue weighted by molar-refractivity contribution is 5.81. The molecule has 1 aromatic carbocycles. The molecule has 0 aromatic heterocycles. The maximum absolute atomic E-state index is 12.7. The highest BCUT2D eigenvalue weighted by Gasteiger charge is 2.33. The maximum atomic E-state index is 12.7. The Morgan fingerprint density at radius 1 is 1.25 bits per heavy atom. The molecule has 2 atom stereocenters. The molecule has 0 aliphatic carbocycles. The Labute approximate surface area is 144 Å². The lowest BCUT2D eigenvalue weighted by atomic mass is 9.92. The summed E-state index contributed by atoms with van der Waals surface area (Å²) in [5.41, 5.74) is 1.27. The molecule has 2 heterocycles. The zero-order valence-corrected chi connectivity index (χ0v) is 14.4. The number of carbonyl (C=O) groups excluding carboxylic acids is 1. The lowest BCUT2D eigenvalue weighted by Crippen LogP contribution is -2.52. The molecule has 0 spiro atoms. The van der Waals surface area contributed by atoms with Gasteiger partial charge in [0.2, 0.25) is 0 Å². The number of piperidine rings is 1. The van der Waals surface area contributed by atoms with Crippen molar-refractivity contribution in [1.82, 2.24) is 9.80 Å². The molecule has 1 N–H and O–H groups in total. The van der Waals surface area contributed by atoms with E-state index >= 15 is 0 Å². The van der Waals surface area contributed by atoms with E-state index in [1.807, 2.05) is 30.0 Å². The van der Waals surface area contributed by atoms with Gasteiger partial charge in [0.25, 0.3) is 5.91 Å². The quantitative estimate of drug-likeness (QED) is 0.908. The summed E-state index contributed by atoms with van der Waals surface area (Å²) in [6.07, 6.45) is 1.12. The number of amides is 1. The fourth-order valence-corrected chi connectivity index (χ4v) is 3.64. The van der Waals surface area contributed by atoms with Crippen molar-refractivity contribution >= 4 is 5.91 Å². The van der Waals surface area contributed by atoms with Crippen LogP contribution in [0.2, 0.25) is 0 Å². The van der Waals surface area contributed by atoms with Gasteiger partial charge in [-0.1, -0.05) is 30.3 Å². The molecule has 1 aromatic rings. The molecule has 24 heavy (non-hydrogen) atoms. The number of hydrogen-bond donors (Lipinski definition) is 1. The summed E-state index contributed by atoms with van der Waals surface area (Å²) in [5.74, 6) is 0.424. The molecular weight excluding hydrogens is 304 g/mol. The number of nitrogens with zero attached hydrogens (tertiary/aromatic N) is 2. The number of aliphatic hydroxyl groups is 1. The van der Waals surface area contributed by atoms with Crippen molar-refractivity contribution in [3.8, 4) is 0 Å². The first kappa shape index (κ1) is 17.4. The zero-order chi connectivity index (χ0) is 16.9. The number of carbonyl (C=O) groups is 1. The van der Waals surface area contributed by atoms with Gasteiger partial charge in [-0.3, -0.25) is 9.69 Å². The lowest BCUT2D eigenvalue weighted by Gasteiger charge is -2.38. The number of morpholine rings is 1. The van der Waals surface area contributed by atoms with Crippen molar-refractivity contribution in [2.24, 2.45) is 5.92 Å². The summed E-state index contributed by atoms with van der Waals surface area (Å²) in [5, 5.41) is 9.69. The van der Waals surface area contributed by atoms with Crippen molar-refractivity contribution in [3.63, 3.8) is 0 Å². The Morgan fingerprint density at radius 2 is 1.96 bits per heavy atom. The first-order valence-electron chi connectivity index (χ1n) is 8.98. The third-order valence-electron chi connectivity index (χ3n) is 5.21. The van der Waals surface area contributed by atoms with E-state index in [0.717, 1.165) is 39.0 Å². The minimum atomic E-state index is -0.356. The van der Waals surface area contributed by atoms with Crippen LogP contribution in [0, 0.1) is 5.92 Å².